The predicted molar refractivity (Wildman–Crippen MR) is 147 cm³/mol. The second kappa shape index (κ2) is 11.8. The van der Waals surface area contributed by atoms with Gasteiger partial charge in [-0.15, -0.1) is 0 Å². The molecule has 7 nitrogen and oxygen atoms in total. The standard InChI is InChI=1S/C29H31F6N7/c1-3-41(16-19-8-4-5-9-19)26-22(14-21-10-6-7-11-25(21)36-26)18-42(27-37-38-39-40(27)2)17-20-12-23(28(30,31)32)15-24(13-20)29(33,34)35/h6-7,10-15,19H,3-5,8-9,16-18H2,1-2H3. The molecule has 5 rings (SSSR count). The van der Waals surface area contributed by atoms with Crippen LogP contribution in [-0.4, -0.2) is 38.3 Å². The first kappa shape index (κ1) is 29.6. The molecule has 4 aromatic rings. The fourth-order valence-corrected chi connectivity index (χ4v) is 5.64. The Morgan fingerprint density at radius 3 is 2.14 bits per heavy atom. The zero-order valence-electron chi connectivity index (χ0n) is 23.3. The van der Waals surface area contributed by atoms with Crippen molar-refractivity contribution in [2.24, 2.45) is 13.0 Å². The summed E-state index contributed by atoms with van der Waals surface area (Å²) in [6.45, 7) is 3.33. The van der Waals surface area contributed by atoms with Gasteiger partial charge in [0.1, 0.15) is 5.82 Å². The summed E-state index contributed by atoms with van der Waals surface area (Å²) < 4.78 is 83.1. The Hall–Kier alpha value is -3.90. The maximum Gasteiger partial charge on any atom is 0.416 e. The van der Waals surface area contributed by atoms with Gasteiger partial charge in [0.25, 0.3) is 0 Å². The number of aryl methyl sites for hydroxylation is 1. The van der Waals surface area contributed by atoms with Crippen LogP contribution in [0.1, 0.15) is 54.9 Å². The minimum absolute atomic E-state index is 0.0974. The van der Waals surface area contributed by atoms with E-state index in [9.17, 15) is 26.3 Å². The van der Waals surface area contributed by atoms with E-state index in [1.807, 2.05) is 37.3 Å². The van der Waals surface area contributed by atoms with Crippen LogP contribution in [0.4, 0.5) is 38.1 Å². The van der Waals surface area contributed by atoms with Gasteiger partial charge in [-0.05, 0) is 72.0 Å². The number of nitrogens with zero attached hydrogens (tertiary/aromatic N) is 7. The highest BCUT2D eigenvalue weighted by Crippen LogP contribution is 2.37. The summed E-state index contributed by atoms with van der Waals surface area (Å²) in [7, 11) is 1.56. The normalized spacial score (nSPS) is 14.6. The van der Waals surface area contributed by atoms with Gasteiger partial charge in [0.15, 0.2) is 0 Å². The van der Waals surface area contributed by atoms with Gasteiger partial charge in [0.2, 0.25) is 5.95 Å². The van der Waals surface area contributed by atoms with Crippen molar-refractivity contribution in [2.45, 2.75) is 58.0 Å². The summed E-state index contributed by atoms with van der Waals surface area (Å²) >= 11 is 0. The van der Waals surface area contributed by atoms with Crippen molar-refractivity contribution in [1.82, 2.24) is 25.2 Å². The van der Waals surface area contributed by atoms with E-state index in [0.29, 0.717) is 12.5 Å². The molecular formula is C29H31F6N7. The van der Waals surface area contributed by atoms with Crippen molar-refractivity contribution in [3.05, 3.63) is 70.8 Å². The van der Waals surface area contributed by atoms with Crippen molar-refractivity contribution in [3.63, 3.8) is 0 Å². The lowest BCUT2D eigenvalue weighted by Crippen LogP contribution is -2.32. The first-order valence-corrected chi connectivity index (χ1v) is 13.8. The summed E-state index contributed by atoms with van der Waals surface area (Å²) in [5.41, 5.74) is -1.36. The van der Waals surface area contributed by atoms with E-state index in [0.717, 1.165) is 53.8 Å². The maximum atomic E-state index is 13.6. The molecule has 2 aromatic heterocycles. The first-order chi connectivity index (χ1) is 19.9. The third-order valence-corrected chi connectivity index (χ3v) is 7.68. The lowest BCUT2D eigenvalue weighted by molar-refractivity contribution is -0.143. The number of hydrogen-bond acceptors (Lipinski definition) is 6. The average Bonchev–Trinajstić information content (AvgIpc) is 3.61. The molecule has 0 bridgehead atoms. The Bertz CT molecular complexity index is 1490. The molecule has 0 unspecified atom stereocenters. The van der Waals surface area contributed by atoms with Gasteiger partial charge in [-0.25, -0.2) is 9.67 Å². The minimum Gasteiger partial charge on any atom is -0.356 e. The number of pyridine rings is 1. The van der Waals surface area contributed by atoms with E-state index in [2.05, 4.69) is 20.4 Å². The van der Waals surface area contributed by atoms with Gasteiger partial charge in [0, 0.05) is 44.2 Å². The predicted octanol–water partition coefficient (Wildman–Crippen LogP) is 7.02. The molecule has 224 valence electrons. The molecule has 1 aliphatic carbocycles. The van der Waals surface area contributed by atoms with E-state index in [-0.39, 0.29) is 30.7 Å². The molecule has 0 atom stereocenters. The molecule has 0 aliphatic heterocycles. The lowest BCUT2D eigenvalue weighted by Gasteiger charge is -2.30. The van der Waals surface area contributed by atoms with E-state index in [1.165, 1.54) is 17.5 Å². The maximum absolute atomic E-state index is 13.6. The summed E-state index contributed by atoms with van der Waals surface area (Å²) in [5, 5.41) is 12.4. The van der Waals surface area contributed by atoms with Crippen LogP contribution in [0.15, 0.2) is 48.5 Å². The number of fused-ring (bicyclic) bond motifs is 1. The summed E-state index contributed by atoms with van der Waals surface area (Å²) in [6, 6.07) is 11.2. The second-order valence-electron chi connectivity index (χ2n) is 10.7. The molecule has 0 radical (unpaired) electrons. The Morgan fingerprint density at radius 1 is 0.881 bits per heavy atom. The smallest absolute Gasteiger partial charge is 0.356 e. The number of rotatable bonds is 9. The van der Waals surface area contributed by atoms with Crippen LogP contribution in [0.2, 0.25) is 0 Å². The summed E-state index contributed by atoms with van der Waals surface area (Å²) in [5.74, 6) is 1.44. The zero-order valence-corrected chi connectivity index (χ0v) is 23.3. The molecule has 0 N–H and O–H groups in total. The zero-order chi connectivity index (χ0) is 30.1. The topological polar surface area (TPSA) is 63.0 Å². The third-order valence-electron chi connectivity index (χ3n) is 7.68. The lowest BCUT2D eigenvalue weighted by atomic mass is 10.0. The fraction of sp³-hybridized carbons (Fsp3) is 0.448. The monoisotopic (exact) mass is 591 g/mol. The van der Waals surface area contributed by atoms with Crippen LogP contribution in [0.3, 0.4) is 0 Å². The number of hydrogen-bond donors (Lipinski definition) is 0. The molecule has 13 heteroatoms. The number of para-hydroxylation sites is 1. The molecule has 0 amide bonds. The highest BCUT2D eigenvalue weighted by Gasteiger charge is 2.37. The van der Waals surface area contributed by atoms with Gasteiger partial charge in [-0.3, -0.25) is 0 Å². The van der Waals surface area contributed by atoms with Gasteiger partial charge < -0.3 is 9.80 Å². The van der Waals surface area contributed by atoms with Crippen LogP contribution in [-0.2, 0) is 32.5 Å². The molecule has 2 aromatic carbocycles. The van der Waals surface area contributed by atoms with E-state index < -0.39 is 23.5 Å². The Kier molecular flexibility index (Phi) is 8.29. The SMILES string of the molecule is CCN(CC1CCCC1)c1nc2ccccc2cc1CN(Cc1cc(C(F)(F)F)cc(C(F)(F)F)c1)c1nnnn1C. The van der Waals surface area contributed by atoms with Crippen LogP contribution in [0, 0.1) is 5.92 Å². The van der Waals surface area contributed by atoms with Gasteiger partial charge in [-0.1, -0.05) is 36.1 Å². The van der Waals surface area contributed by atoms with Crippen molar-refractivity contribution in [1.29, 1.82) is 0 Å². The molecular weight excluding hydrogens is 560 g/mol. The number of halogens is 6. The Morgan fingerprint density at radius 2 is 1.55 bits per heavy atom. The van der Waals surface area contributed by atoms with Gasteiger partial charge in [0.05, 0.1) is 16.6 Å². The third kappa shape index (κ3) is 6.60. The molecule has 0 spiro atoms. The van der Waals surface area contributed by atoms with Crippen molar-refractivity contribution in [3.8, 4) is 0 Å². The molecule has 1 aliphatic rings. The number of alkyl halides is 6. The molecule has 42 heavy (non-hydrogen) atoms. The van der Waals surface area contributed by atoms with Gasteiger partial charge >= 0.3 is 12.4 Å². The van der Waals surface area contributed by atoms with Crippen LogP contribution >= 0.6 is 0 Å². The highest BCUT2D eigenvalue weighted by atomic mass is 19.4. The van der Waals surface area contributed by atoms with Crippen molar-refractivity contribution in [2.75, 3.05) is 22.9 Å². The second-order valence-corrected chi connectivity index (χ2v) is 10.7. The molecule has 0 saturated heterocycles. The minimum atomic E-state index is -4.95. The fourth-order valence-electron chi connectivity index (χ4n) is 5.64. The molecule has 2 heterocycles. The highest BCUT2D eigenvalue weighted by molar-refractivity contribution is 5.82. The quantitative estimate of drug-likeness (QED) is 0.195. The number of tetrazole rings is 1. The molecule has 1 saturated carbocycles. The summed E-state index contributed by atoms with van der Waals surface area (Å²) in [4.78, 5) is 8.77. The average molecular weight is 592 g/mol. The van der Waals surface area contributed by atoms with Crippen LogP contribution in [0.5, 0.6) is 0 Å². The Labute approximate surface area is 239 Å². The molecule has 1 fully saturated rings. The van der Waals surface area contributed by atoms with E-state index in [4.69, 9.17) is 4.98 Å². The first-order valence-electron chi connectivity index (χ1n) is 13.8. The van der Waals surface area contributed by atoms with E-state index >= 15 is 0 Å². The van der Waals surface area contributed by atoms with Crippen molar-refractivity contribution < 1.29 is 26.3 Å². The van der Waals surface area contributed by atoms with Crippen LogP contribution in [0.25, 0.3) is 10.9 Å². The number of anilines is 2. The largest absolute Gasteiger partial charge is 0.416 e. The van der Waals surface area contributed by atoms with Crippen molar-refractivity contribution >= 4 is 22.7 Å². The summed E-state index contributed by atoms with van der Waals surface area (Å²) in [6.07, 6.45) is -5.27. The Balaban J connectivity index is 1.58. The van der Waals surface area contributed by atoms with E-state index in [1.54, 1.807) is 11.9 Å². The number of aromatic nitrogens is 5. The number of benzene rings is 2. The van der Waals surface area contributed by atoms with Crippen LogP contribution < -0.4 is 9.80 Å². The van der Waals surface area contributed by atoms with Gasteiger partial charge in [-0.2, -0.15) is 26.3 Å².